The molecule has 7 heteroatoms. The van der Waals surface area contributed by atoms with Crippen LogP contribution < -0.4 is 11.1 Å². The molecule has 0 saturated carbocycles. The number of nitrogens with two attached hydrogens (primary N) is 1. The molecule has 1 heterocycles. The van der Waals surface area contributed by atoms with Crippen molar-refractivity contribution in [2.75, 3.05) is 32.0 Å². The van der Waals surface area contributed by atoms with Crippen LogP contribution in [0.4, 0.5) is 10.5 Å². The molecule has 1 aromatic carbocycles. The molecule has 21 heavy (non-hydrogen) atoms. The number of nitrogens with one attached hydrogen (secondary N) is 1. The molecular formula is C14H18N4O2S. The number of urea groups is 1. The molecule has 0 bridgehead atoms. The summed E-state index contributed by atoms with van der Waals surface area (Å²) in [7, 11) is 1.75. The molecule has 0 unspecified atom stereocenters. The van der Waals surface area contributed by atoms with Gasteiger partial charge in [-0.2, -0.15) is 0 Å². The first kappa shape index (κ1) is 15.2. The summed E-state index contributed by atoms with van der Waals surface area (Å²) in [6, 6.07) is 7.04. The van der Waals surface area contributed by atoms with Crippen molar-refractivity contribution >= 4 is 34.8 Å². The minimum absolute atomic E-state index is 0.0294. The van der Waals surface area contributed by atoms with E-state index in [4.69, 9.17) is 18.0 Å². The summed E-state index contributed by atoms with van der Waals surface area (Å²) in [5.41, 5.74) is 6.91. The Hall–Kier alpha value is -2.15. The maximum atomic E-state index is 11.9. The summed E-state index contributed by atoms with van der Waals surface area (Å²) in [6.07, 6.45) is 0.261. The molecule has 3 amide bonds. The zero-order chi connectivity index (χ0) is 15.4. The second-order valence-corrected chi connectivity index (χ2v) is 5.37. The van der Waals surface area contributed by atoms with Gasteiger partial charge < -0.3 is 20.9 Å². The molecule has 3 N–H and O–H groups in total. The van der Waals surface area contributed by atoms with Crippen LogP contribution in [0.5, 0.6) is 0 Å². The summed E-state index contributed by atoms with van der Waals surface area (Å²) in [5.74, 6) is -0.141. The second-order valence-electron chi connectivity index (χ2n) is 4.93. The molecule has 6 nitrogen and oxygen atoms in total. The van der Waals surface area contributed by atoms with Crippen molar-refractivity contribution in [3.8, 4) is 0 Å². The Kier molecular flexibility index (Phi) is 4.74. The Labute approximate surface area is 128 Å². The van der Waals surface area contributed by atoms with Crippen LogP contribution in [0.15, 0.2) is 24.3 Å². The lowest BCUT2D eigenvalue weighted by atomic mass is 10.2. The summed E-state index contributed by atoms with van der Waals surface area (Å²) in [4.78, 5) is 27.2. The largest absolute Gasteiger partial charge is 0.389 e. The Morgan fingerprint density at radius 1 is 1.43 bits per heavy atom. The van der Waals surface area contributed by atoms with Gasteiger partial charge in [0.2, 0.25) is 5.91 Å². The van der Waals surface area contributed by atoms with E-state index in [9.17, 15) is 9.59 Å². The number of nitrogens with zero attached hydrogens (tertiary/aromatic N) is 2. The van der Waals surface area contributed by atoms with Crippen LogP contribution in [0, 0.1) is 0 Å². The van der Waals surface area contributed by atoms with Crippen LogP contribution in [-0.4, -0.2) is 53.4 Å². The predicted molar refractivity (Wildman–Crippen MR) is 85.2 cm³/mol. The number of amides is 3. The fourth-order valence-electron chi connectivity index (χ4n) is 2.12. The van der Waals surface area contributed by atoms with Gasteiger partial charge in [-0.25, -0.2) is 4.79 Å². The van der Waals surface area contributed by atoms with Crippen molar-refractivity contribution in [3.63, 3.8) is 0 Å². The third-order valence-electron chi connectivity index (χ3n) is 3.34. The van der Waals surface area contributed by atoms with E-state index in [0.717, 1.165) is 0 Å². The molecular weight excluding hydrogens is 288 g/mol. The Morgan fingerprint density at radius 2 is 2.19 bits per heavy atom. The molecule has 1 aromatic rings. The molecule has 0 atom stereocenters. The lowest BCUT2D eigenvalue weighted by Gasteiger charge is -2.15. The molecule has 0 aliphatic carbocycles. The minimum Gasteiger partial charge on any atom is -0.389 e. The average Bonchev–Trinajstić information content (AvgIpc) is 2.77. The first-order valence-corrected chi connectivity index (χ1v) is 7.08. The quantitative estimate of drug-likeness (QED) is 0.796. The smallest absolute Gasteiger partial charge is 0.319 e. The predicted octanol–water partition coefficient (Wildman–Crippen LogP) is 1.02. The van der Waals surface area contributed by atoms with E-state index in [-0.39, 0.29) is 23.3 Å². The van der Waals surface area contributed by atoms with Gasteiger partial charge in [0.05, 0.1) is 0 Å². The Morgan fingerprint density at radius 3 is 2.81 bits per heavy atom. The molecule has 0 radical (unpaired) electrons. The summed E-state index contributed by atoms with van der Waals surface area (Å²) >= 11 is 4.90. The number of rotatable bonds is 5. The fourth-order valence-corrected chi connectivity index (χ4v) is 2.25. The number of hydrogen-bond donors (Lipinski definition) is 2. The molecule has 2 rings (SSSR count). The summed E-state index contributed by atoms with van der Waals surface area (Å²) < 4.78 is 0. The van der Waals surface area contributed by atoms with E-state index in [1.54, 1.807) is 41.1 Å². The second kappa shape index (κ2) is 6.53. The fraction of sp³-hybridized carbons (Fsp3) is 0.357. The molecule has 1 fully saturated rings. The third kappa shape index (κ3) is 3.91. The van der Waals surface area contributed by atoms with Crippen LogP contribution >= 0.6 is 12.2 Å². The van der Waals surface area contributed by atoms with E-state index in [1.807, 2.05) is 0 Å². The van der Waals surface area contributed by atoms with E-state index in [0.29, 0.717) is 30.9 Å². The first-order chi connectivity index (χ1) is 9.97. The Balaban J connectivity index is 1.86. The van der Waals surface area contributed by atoms with Gasteiger partial charge in [0.1, 0.15) is 4.99 Å². The average molecular weight is 306 g/mol. The van der Waals surface area contributed by atoms with Gasteiger partial charge in [0, 0.05) is 44.4 Å². The van der Waals surface area contributed by atoms with Crippen LogP contribution in [0.25, 0.3) is 0 Å². The maximum Gasteiger partial charge on any atom is 0.319 e. The van der Waals surface area contributed by atoms with Crippen molar-refractivity contribution in [2.24, 2.45) is 5.73 Å². The number of carbonyl (C=O) groups is 2. The van der Waals surface area contributed by atoms with Crippen molar-refractivity contribution in [1.82, 2.24) is 9.80 Å². The highest BCUT2D eigenvalue weighted by Crippen LogP contribution is 2.12. The van der Waals surface area contributed by atoms with Gasteiger partial charge in [-0.05, 0) is 12.1 Å². The van der Waals surface area contributed by atoms with E-state index in [1.165, 1.54) is 0 Å². The summed E-state index contributed by atoms with van der Waals surface area (Å²) in [6.45, 7) is 1.79. The van der Waals surface area contributed by atoms with Crippen LogP contribution in [0.3, 0.4) is 0 Å². The number of carbonyl (C=O) groups excluding carboxylic acids is 2. The number of hydrogen-bond acceptors (Lipinski definition) is 3. The molecule has 0 spiro atoms. The van der Waals surface area contributed by atoms with Crippen LogP contribution in [-0.2, 0) is 4.79 Å². The highest BCUT2D eigenvalue weighted by Gasteiger charge is 2.25. The molecule has 1 saturated heterocycles. The number of benzene rings is 1. The third-order valence-corrected chi connectivity index (χ3v) is 3.58. The number of anilines is 1. The standard InChI is InChI=1S/C14H18N4O2S/c1-17-7-8-18(14(17)20)6-5-12(19)16-11-4-2-3-10(9-11)13(15)21/h2-4,9H,5-8H2,1H3,(H2,15,21)(H,16,19). The van der Waals surface area contributed by atoms with Crippen molar-refractivity contribution < 1.29 is 9.59 Å². The van der Waals surface area contributed by atoms with E-state index >= 15 is 0 Å². The van der Waals surface area contributed by atoms with Crippen LogP contribution in [0.1, 0.15) is 12.0 Å². The van der Waals surface area contributed by atoms with Gasteiger partial charge in [0.15, 0.2) is 0 Å². The number of likely N-dealkylation sites (N-methyl/N-ethyl adjacent to an activating group) is 1. The van der Waals surface area contributed by atoms with Crippen LogP contribution in [0.2, 0.25) is 0 Å². The van der Waals surface area contributed by atoms with Gasteiger partial charge in [-0.1, -0.05) is 24.4 Å². The summed E-state index contributed by atoms with van der Waals surface area (Å²) in [5, 5.41) is 2.78. The van der Waals surface area contributed by atoms with E-state index < -0.39 is 0 Å². The zero-order valence-electron chi connectivity index (χ0n) is 11.8. The normalized spacial score (nSPS) is 14.4. The Bertz CT molecular complexity index is 576. The van der Waals surface area contributed by atoms with Crippen molar-refractivity contribution in [1.29, 1.82) is 0 Å². The monoisotopic (exact) mass is 306 g/mol. The topological polar surface area (TPSA) is 78.7 Å². The van der Waals surface area contributed by atoms with Crippen molar-refractivity contribution in [3.05, 3.63) is 29.8 Å². The highest BCUT2D eigenvalue weighted by atomic mass is 32.1. The number of thiocarbonyl (C=S) groups is 1. The van der Waals surface area contributed by atoms with Gasteiger partial charge in [-0.15, -0.1) is 0 Å². The van der Waals surface area contributed by atoms with E-state index in [2.05, 4.69) is 5.32 Å². The van der Waals surface area contributed by atoms with Crippen molar-refractivity contribution in [2.45, 2.75) is 6.42 Å². The maximum absolute atomic E-state index is 11.9. The SMILES string of the molecule is CN1CCN(CCC(=O)Nc2cccc(C(N)=S)c2)C1=O. The molecule has 1 aliphatic rings. The lowest BCUT2D eigenvalue weighted by molar-refractivity contribution is -0.116. The lowest BCUT2D eigenvalue weighted by Crippen LogP contribution is -2.32. The van der Waals surface area contributed by atoms with Gasteiger partial charge in [0.25, 0.3) is 0 Å². The van der Waals surface area contributed by atoms with Gasteiger partial charge >= 0.3 is 6.03 Å². The zero-order valence-corrected chi connectivity index (χ0v) is 12.7. The molecule has 1 aliphatic heterocycles. The van der Waals surface area contributed by atoms with Gasteiger partial charge in [-0.3, -0.25) is 4.79 Å². The highest BCUT2D eigenvalue weighted by molar-refractivity contribution is 7.80. The minimum atomic E-state index is -0.141. The molecule has 112 valence electrons. The first-order valence-electron chi connectivity index (χ1n) is 6.67. The molecule has 0 aromatic heterocycles.